The van der Waals surface area contributed by atoms with Gasteiger partial charge in [-0.25, -0.2) is 0 Å². The minimum Gasteiger partial charge on any atom is -0.360 e. The molecule has 2 heterocycles. The lowest BCUT2D eigenvalue weighted by Crippen LogP contribution is -2.49. The molecule has 1 amide bonds. The van der Waals surface area contributed by atoms with Crippen molar-refractivity contribution in [2.75, 3.05) is 44.6 Å². The van der Waals surface area contributed by atoms with Crippen LogP contribution in [0.5, 0.6) is 0 Å². The molecule has 1 aromatic rings. The van der Waals surface area contributed by atoms with E-state index >= 15 is 0 Å². The van der Waals surface area contributed by atoms with Crippen LogP contribution in [0.4, 0.5) is 5.82 Å². The summed E-state index contributed by atoms with van der Waals surface area (Å²) in [6, 6.07) is 1.72. The number of nitrogens with zero attached hydrogens (tertiary/aromatic N) is 3. The monoisotopic (exact) mass is 280 g/mol. The van der Waals surface area contributed by atoms with Crippen molar-refractivity contribution in [3.63, 3.8) is 0 Å². The summed E-state index contributed by atoms with van der Waals surface area (Å²) in [4.78, 5) is 16.5. The lowest BCUT2D eigenvalue weighted by atomic mass is 10.2. The Hall–Kier alpha value is -1.40. The Morgan fingerprint density at radius 2 is 2.00 bits per heavy atom. The van der Waals surface area contributed by atoms with Gasteiger partial charge in [-0.05, 0) is 12.8 Å². The van der Waals surface area contributed by atoms with Crippen LogP contribution in [0.15, 0.2) is 10.6 Å². The topological polar surface area (TPSA) is 61.6 Å². The predicted molar refractivity (Wildman–Crippen MR) is 77.6 cm³/mol. The molecular formula is C14H24N4O2. The number of amides is 1. The third-order valence-corrected chi connectivity index (χ3v) is 3.35. The second-order valence-corrected chi connectivity index (χ2v) is 5.84. The van der Waals surface area contributed by atoms with E-state index in [9.17, 15) is 4.79 Å². The van der Waals surface area contributed by atoms with Crippen molar-refractivity contribution >= 4 is 11.7 Å². The first-order chi connectivity index (χ1) is 9.52. The van der Waals surface area contributed by atoms with Gasteiger partial charge in [0.1, 0.15) is 5.76 Å². The number of hydrogen-bond donors (Lipinski definition) is 1. The first kappa shape index (κ1) is 15.0. The number of carbonyl (C=O) groups is 1. The lowest BCUT2D eigenvalue weighted by Gasteiger charge is -2.35. The minimum atomic E-state index is -0.0318. The van der Waals surface area contributed by atoms with E-state index < -0.39 is 0 Å². The maximum atomic E-state index is 11.9. The SMILES string of the molecule is Cc1cc(NC(=O)CN2CCN(CC(C)C)CC2)no1. The van der Waals surface area contributed by atoms with Crippen LogP contribution in [0, 0.1) is 12.8 Å². The van der Waals surface area contributed by atoms with E-state index in [1.54, 1.807) is 13.0 Å². The van der Waals surface area contributed by atoms with Gasteiger partial charge in [-0.2, -0.15) is 0 Å². The number of carbonyl (C=O) groups excluding carboxylic acids is 1. The number of anilines is 1. The average molecular weight is 280 g/mol. The van der Waals surface area contributed by atoms with Crippen molar-refractivity contribution in [2.24, 2.45) is 5.92 Å². The molecule has 112 valence electrons. The van der Waals surface area contributed by atoms with Gasteiger partial charge in [0.05, 0.1) is 6.54 Å². The van der Waals surface area contributed by atoms with Gasteiger partial charge < -0.3 is 14.7 Å². The van der Waals surface area contributed by atoms with Crippen molar-refractivity contribution in [1.82, 2.24) is 15.0 Å². The molecule has 2 rings (SSSR count). The van der Waals surface area contributed by atoms with Crippen LogP contribution in [0.3, 0.4) is 0 Å². The molecule has 1 N–H and O–H groups in total. The van der Waals surface area contributed by atoms with Crippen LogP contribution in [-0.4, -0.2) is 60.1 Å². The summed E-state index contributed by atoms with van der Waals surface area (Å²) < 4.78 is 4.92. The molecule has 0 aliphatic carbocycles. The van der Waals surface area contributed by atoms with Crippen LogP contribution in [0.2, 0.25) is 0 Å². The summed E-state index contributed by atoms with van der Waals surface area (Å²) in [5.41, 5.74) is 0. The summed E-state index contributed by atoms with van der Waals surface area (Å²) >= 11 is 0. The Balaban J connectivity index is 1.71. The lowest BCUT2D eigenvalue weighted by molar-refractivity contribution is -0.117. The van der Waals surface area contributed by atoms with Crippen molar-refractivity contribution in [2.45, 2.75) is 20.8 Å². The van der Waals surface area contributed by atoms with Gasteiger partial charge in [-0.15, -0.1) is 0 Å². The quantitative estimate of drug-likeness (QED) is 0.878. The van der Waals surface area contributed by atoms with Gasteiger partial charge >= 0.3 is 0 Å². The smallest absolute Gasteiger partial charge is 0.239 e. The first-order valence-electron chi connectivity index (χ1n) is 7.21. The Morgan fingerprint density at radius 3 is 2.55 bits per heavy atom. The molecule has 1 aliphatic rings. The zero-order valence-electron chi connectivity index (χ0n) is 12.6. The van der Waals surface area contributed by atoms with Crippen LogP contribution >= 0.6 is 0 Å². The number of aryl methyl sites for hydroxylation is 1. The molecule has 1 aliphatic heterocycles. The Morgan fingerprint density at radius 1 is 1.35 bits per heavy atom. The number of nitrogens with one attached hydrogen (secondary N) is 1. The van der Waals surface area contributed by atoms with Gasteiger partial charge in [0, 0.05) is 38.8 Å². The van der Waals surface area contributed by atoms with Crippen molar-refractivity contribution in [3.05, 3.63) is 11.8 Å². The highest BCUT2D eigenvalue weighted by atomic mass is 16.5. The maximum absolute atomic E-state index is 11.9. The van der Waals surface area contributed by atoms with Crippen LogP contribution in [-0.2, 0) is 4.79 Å². The van der Waals surface area contributed by atoms with E-state index in [0.29, 0.717) is 24.0 Å². The van der Waals surface area contributed by atoms with Gasteiger partial charge in [0.25, 0.3) is 0 Å². The molecule has 0 aromatic carbocycles. The van der Waals surface area contributed by atoms with Crippen molar-refractivity contribution in [1.29, 1.82) is 0 Å². The zero-order chi connectivity index (χ0) is 14.5. The largest absolute Gasteiger partial charge is 0.360 e. The van der Waals surface area contributed by atoms with Gasteiger partial charge in [0.2, 0.25) is 5.91 Å². The summed E-state index contributed by atoms with van der Waals surface area (Å²) in [6.45, 7) is 11.8. The normalized spacial score (nSPS) is 17.6. The standard InChI is InChI=1S/C14H24N4O2/c1-11(2)9-17-4-6-18(7-5-17)10-14(19)15-13-8-12(3)20-16-13/h8,11H,4-7,9-10H2,1-3H3,(H,15,16,19). The third kappa shape index (κ3) is 4.61. The molecule has 1 fully saturated rings. The summed E-state index contributed by atoms with van der Waals surface area (Å²) in [6.07, 6.45) is 0. The van der Waals surface area contributed by atoms with Crippen molar-refractivity contribution < 1.29 is 9.32 Å². The van der Waals surface area contributed by atoms with E-state index in [1.165, 1.54) is 0 Å². The second-order valence-electron chi connectivity index (χ2n) is 5.84. The first-order valence-corrected chi connectivity index (χ1v) is 7.21. The molecule has 0 radical (unpaired) electrons. The number of hydrogen-bond acceptors (Lipinski definition) is 5. The predicted octanol–water partition coefficient (Wildman–Crippen LogP) is 1.20. The molecular weight excluding hydrogens is 256 g/mol. The fourth-order valence-corrected chi connectivity index (χ4v) is 2.46. The molecule has 0 atom stereocenters. The highest BCUT2D eigenvalue weighted by Crippen LogP contribution is 2.08. The van der Waals surface area contributed by atoms with E-state index in [4.69, 9.17) is 4.52 Å². The number of piperazine rings is 1. The third-order valence-electron chi connectivity index (χ3n) is 3.35. The second kappa shape index (κ2) is 6.85. The minimum absolute atomic E-state index is 0.0318. The number of aromatic nitrogens is 1. The van der Waals surface area contributed by atoms with Gasteiger partial charge in [-0.3, -0.25) is 9.69 Å². The Kier molecular flexibility index (Phi) is 5.14. The summed E-state index contributed by atoms with van der Waals surface area (Å²) in [5.74, 6) is 1.85. The molecule has 6 heteroatoms. The zero-order valence-corrected chi connectivity index (χ0v) is 12.6. The molecule has 1 saturated heterocycles. The van der Waals surface area contributed by atoms with Crippen LogP contribution in [0.25, 0.3) is 0 Å². The van der Waals surface area contributed by atoms with Crippen LogP contribution in [0.1, 0.15) is 19.6 Å². The molecule has 6 nitrogen and oxygen atoms in total. The molecule has 0 unspecified atom stereocenters. The fraction of sp³-hybridized carbons (Fsp3) is 0.714. The van der Waals surface area contributed by atoms with E-state index in [0.717, 1.165) is 32.7 Å². The fourth-order valence-electron chi connectivity index (χ4n) is 2.46. The summed E-state index contributed by atoms with van der Waals surface area (Å²) in [7, 11) is 0. The molecule has 0 bridgehead atoms. The molecule has 0 saturated carbocycles. The highest BCUT2D eigenvalue weighted by molar-refractivity contribution is 5.91. The van der Waals surface area contributed by atoms with E-state index in [-0.39, 0.29) is 5.91 Å². The van der Waals surface area contributed by atoms with Crippen molar-refractivity contribution in [3.8, 4) is 0 Å². The molecule has 0 spiro atoms. The van der Waals surface area contributed by atoms with Gasteiger partial charge in [0.15, 0.2) is 5.82 Å². The molecule has 1 aromatic heterocycles. The number of rotatable bonds is 5. The molecule has 20 heavy (non-hydrogen) atoms. The maximum Gasteiger partial charge on any atom is 0.239 e. The van der Waals surface area contributed by atoms with Gasteiger partial charge in [-0.1, -0.05) is 19.0 Å². The van der Waals surface area contributed by atoms with Crippen LogP contribution < -0.4 is 5.32 Å². The Labute approximate surface area is 120 Å². The highest BCUT2D eigenvalue weighted by Gasteiger charge is 2.19. The van der Waals surface area contributed by atoms with E-state index in [2.05, 4.69) is 34.1 Å². The van der Waals surface area contributed by atoms with E-state index in [1.807, 2.05) is 0 Å². The average Bonchev–Trinajstić information content (AvgIpc) is 2.76. The Bertz CT molecular complexity index is 436. The summed E-state index contributed by atoms with van der Waals surface area (Å²) in [5, 5.41) is 6.51.